The van der Waals surface area contributed by atoms with Crippen LogP contribution in [0.25, 0.3) is 0 Å². The maximum Gasteiger partial charge on any atom is 0.225 e. The normalized spacial score (nSPS) is 19.1. The second kappa shape index (κ2) is 5.15. The van der Waals surface area contributed by atoms with Gasteiger partial charge in [-0.3, -0.25) is 4.79 Å². The highest BCUT2D eigenvalue weighted by molar-refractivity contribution is 5.78. The van der Waals surface area contributed by atoms with Crippen molar-refractivity contribution >= 4 is 5.91 Å². The van der Waals surface area contributed by atoms with Gasteiger partial charge in [0.15, 0.2) is 0 Å². The molecule has 0 fully saturated rings. The molecule has 0 saturated heterocycles. The summed E-state index contributed by atoms with van der Waals surface area (Å²) in [4.78, 5) is 13.8. The third kappa shape index (κ3) is 2.84. The number of hydrogen-bond acceptors (Lipinski definition) is 2. The Morgan fingerprint density at radius 1 is 1.71 bits per heavy atom. The van der Waals surface area contributed by atoms with Crippen LogP contribution < -0.4 is 5.73 Å². The molecule has 0 spiro atoms. The molecule has 1 rings (SSSR count). The molecule has 1 aliphatic heterocycles. The van der Waals surface area contributed by atoms with Gasteiger partial charge in [-0.05, 0) is 26.3 Å². The molecule has 0 aromatic rings. The van der Waals surface area contributed by atoms with Crippen LogP contribution >= 0.6 is 0 Å². The molecule has 3 heteroatoms. The third-order valence-corrected chi connectivity index (χ3v) is 2.67. The number of amides is 1. The maximum absolute atomic E-state index is 11.9. The molecular weight excluding hydrogens is 176 g/mol. The Bertz CT molecular complexity index is 235. The Labute approximate surface area is 86.0 Å². The highest BCUT2D eigenvalue weighted by Crippen LogP contribution is 2.13. The molecule has 0 saturated carbocycles. The van der Waals surface area contributed by atoms with Crippen molar-refractivity contribution in [2.24, 2.45) is 11.7 Å². The van der Waals surface area contributed by atoms with Crippen molar-refractivity contribution in [1.29, 1.82) is 0 Å². The number of carbonyl (C=O) groups excluding carboxylic acids is 1. The molecule has 1 unspecified atom stereocenters. The van der Waals surface area contributed by atoms with E-state index in [9.17, 15) is 4.79 Å². The minimum absolute atomic E-state index is 0.0749. The van der Waals surface area contributed by atoms with Crippen LogP contribution in [-0.2, 0) is 4.79 Å². The number of hydrogen-bond donors (Lipinski definition) is 1. The number of carbonyl (C=O) groups is 1. The SMILES string of the molecule is CC1=CCCN(C(=O)C(C)CCN)C1. The predicted molar refractivity (Wildman–Crippen MR) is 57.8 cm³/mol. The van der Waals surface area contributed by atoms with Crippen molar-refractivity contribution in [1.82, 2.24) is 4.90 Å². The van der Waals surface area contributed by atoms with Crippen LogP contribution in [0.1, 0.15) is 26.7 Å². The molecule has 0 aromatic carbocycles. The summed E-state index contributed by atoms with van der Waals surface area (Å²) in [5.74, 6) is 0.328. The van der Waals surface area contributed by atoms with Crippen molar-refractivity contribution in [3.63, 3.8) is 0 Å². The summed E-state index contributed by atoms with van der Waals surface area (Å²) in [5, 5.41) is 0. The van der Waals surface area contributed by atoms with Crippen LogP contribution in [0.2, 0.25) is 0 Å². The first-order valence-corrected chi connectivity index (χ1v) is 5.29. The minimum Gasteiger partial charge on any atom is -0.338 e. The van der Waals surface area contributed by atoms with Gasteiger partial charge < -0.3 is 10.6 Å². The topological polar surface area (TPSA) is 46.3 Å². The first-order valence-electron chi connectivity index (χ1n) is 5.29. The summed E-state index contributed by atoms with van der Waals surface area (Å²) in [7, 11) is 0. The van der Waals surface area contributed by atoms with E-state index in [-0.39, 0.29) is 11.8 Å². The molecule has 0 bridgehead atoms. The van der Waals surface area contributed by atoms with Crippen molar-refractivity contribution in [2.45, 2.75) is 26.7 Å². The van der Waals surface area contributed by atoms with Gasteiger partial charge in [0, 0.05) is 19.0 Å². The van der Waals surface area contributed by atoms with Gasteiger partial charge in [0.25, 0.3) is 0 Å². The monoisotopic (exact) mass is 196 g/mol. The molecule has 3 nitrogen and oxygen atoms in total. The molecular formula is C11H20N2O. The number of nitrogens with zero attached hydrogens (tertiary/aromatic N) is 1. The zero-order valence-corrected chi connectivity index (χ0v) is 9.12. The largest absolute Gasteiger partial charge is 0.338 e. The van der Waals surface area contributed by atoms with E-state index in [1.807, 2.05) is 11.8 Å². The van der Waals surface area contributed by atoms with E-state index in [4.69, 9.17) is 5.73 Å². The highest BCUT2D eigenvalue weighted by atomic mass is 16.2. The molecule has 1 atom stereocenters. The van der Waals surface area contributed by atoms with E-state index in [1.54, 1.807) is 0 Å². The quantitative estimate of drug-likeness (QED) is 0.688. The molecule has 0 aliphatic carbocycles. The number of nitrogens with two attached hydrogens (primary N) is 1. The fourth-order valence-electron chi connectivity index (χ4n) is 1.78. The van der Waals surface area contributed by atoms with E-state index >= 15 is 0 Å². The molecule has 1 heterocycles. The fraction of sp³-hybridized carbons (Fsp3) is 0.727. The van der Waals surface area contributed by atoms with Crippen LogP contribution in [0, 0.1) is 5.92 Å². The standard InChI is InChI=1S/C11H20N2O/c1-9-4-3-7-13(8-9)11(14)10(2)5-6-12/h4,10H,3,5-8,12H2,1-2H3. The van der Waals surface area contributed by atoms with Crippen LogP contribution in [0.4, 0.5) is 0 Å². The first-order chi connectivity index (χ1) is 6.65. The lowest BCUT2D eigenvalue weighted by atomic mass is 10.0. The molecule has 0 aromatic heterocycles. The summed E-state index contributed by atoms with van der Waals surface area (Å²) in [6, 6.07) is 0. The van der Waals surface area contributed by atoms with Crippen LogP contribution in [0.15, 0.2) is 11.6 Å². The summed E-state index contributed by atoms with van der Waals surface area (Å²) < 4.78 is 0. The average molecular weight is 196 g/mol. The molecule has 0 radical (unpaired) electrons. The summed E-state index contributed by atoms with van der Waals surface area (Å²) in [6.07, 6.45) is 3.99. The van der Waals surface area contributed by atoms with E-state index in [0.29, 0.717) is 6.54 Å². The molecule has 1 aliphatic rings. The van der Waals surface area contributed by atoms with Gasteiger partial charge in [-0.15, -0.1) is 0 Å². The van der Waals surface area contributed by atoms with Gasteiger partial charge in [-0.2, -0.15) is 0 Å². The van der Waals surface area contributed by atoms with Crippen LogP contribution in [0.5, 0.6) is 0 Å². The zero-order chi connectivity index (χ0) is 10.6. The van der Waals surface area contributed by atoms with Gasteiger partial charge in [-0.1, -0.05) is 18.6 Å². The zero-order valence-electron chi connectivity index (χ0n) is 9.12. The van der Waals surface area contributed by atoms with E-state index in [1.165, 1.54) is 5.57 Å². The van der Waals surface area contributed by atoms with Crippen molar-refractivity contribution in [2.75, 3.05) is 19.6 Å². The van der Waals surface area contributed by atoms with Gasteiger partial charge in [-0.25, -0.2) is 0 Å². The Morgan fingerprint density at radius 3 is 3.00 bits per heavy atom. The lowest BCUT2D eigenvalue weighted by Gasteiger charge is -2.28. The first kappa shape index (κ1) is 11.2. The molecule has 80 valence electrons. The van der Waals surface area contributed by atoms with Gasteiger partial charge >= 0.3 is 0 Å². The van der Waals surface area contributed by atoms with Crippen molar-refractivity contribution in [3.05, 3.63) is 11.6 Å². The number of rotatable bonds is 3. The molecule has 1 amide bonds. The summed E-state index contributed by atoms with van der Waals surface area (Å²) in [5.41, 5.74) is 6.74. The Morgan fingerprint density at radius 2 is 2.43 bits per heavy atom. The smallest absolute Gasteiger partial charge is 0.225 e. The van der Waals surface area contributed by atoms with Gasteiger partial charge in [0.1, 0.15) is 0 Å². The maximum atomic E-state index is 11.9. The van der Waals surface area contributed by atoms with Gasteiger partial charge in [0.2, 0.25) is 5.91 Å². The average Bonchev–Trinajstić information content (AvgIpc) is 2.17. The molecule has 14 heavy (non-hydrogen) atoms. The summed E-state index contributed by atoms with van der Waals surface area (Å²) >= 11 is 0. The van der Waals surface area contributed by atoms with Crippen molar-refractivity contribution < 1.29 is 4.79 Å². The second-order valence-corrected chi connectivity index (χ2v) is 4.08. The fourth-order valence-corrected chi connectivity index (χ4v) is 1.78. The minimum atomic E-state index is 0.0749. The van der Waals surface area contributed by atoms with Crippen LogP contribution in [-0.4, -0.2) is 30.4 Å². The summed E-state index contributed by atoms with van der Waals surface area (Å²) in [6.45, 7) is 6.30. The van der Waals surface area contributed by atoms with Crippen molar-refractivity contribution in [3.8, 4) is 0 Å². The predicted octanol–water partition coefficient (Wildman–Crippen LogP) is 1.15. The van der Waals surface area contributed by atoms with Gasteiger partial charge in [0.05, 0.1) is 0 Å². The second-order valence-electron chi connectivity index (χ2n) is 4.08. The lowest BCUT2D eigenvalue weighted by molar-refractivity contribution is -0.134. The van der Waals surface area contributed by atoms with E-state index in [2.05, 4.69) is 13.0 Å². The molecule has 2 N–H and O–H groups in total. The Kier molecular flexibility index (Phi) is 4.14. The third-order valence-electron chi connectivity index (χ3n) is 2.67. The van der Waals surface area contributed by atoms with E-state index < -0.39 is 0 Å². The van der Waals surface area contributed by atoms with Crippen LogP contribution in [0.3, 0.4) is 0 Å². The Hall–Kier alpha value is -0.830. The lowest BCUT2D eigenvalue weighted by Crippen LogP contribution is -2.39. The highest BCUT2D eigenvalue weighted by Gasteiger charge is 2.21. The Balaban J connectivity index is 2.49. The van der Waals surface area contributed by atoms with E-state index in [0.717, 1.165) is 25.9 Å².